The van der Waals surface area contributed by atoms with Gasteiger partial charge in [0.1, 0.15) is 11.5 Å². The van der Waals surface area contributed by atoms with Crippen LogP contribution in [0.1, 0.15) is 56.7 Å². The van der Waals surface area contributed by atoms with Crippen LogP contribution >= 0.6 is 0 Å². The number of nitrogens with zero attached hydrogens (tertiary/aromatic N) is 3. The van der Waals surface area contributed by atoms with E-state index in [1.165, 1.54) is 11.1 Å². The molecular weight excluding hydrogens is 464 g/mol. The van der Waals surface area contributed by atoms with Crippen molar-refractivity contribution in [2.45, 2.75) is 81.8 Å². The Morgan fingerprint density at radius 1 is 1.19 bits per heavy atom. The van der Waals surface area contributed by atoms with E-state index in [2.05, 4.69) is 53.5 Å². The molecule has 3 fully saturated rings. The quantitative estimate of drug-likeness (QED) is 0.541. The first kappa shape index (κ1) is 23.6. The van der Waals surface area contributed by atoms with Gasteiger partial charge in [-0.25, -0.2) is 0 Å². The molecule has 1 aromatic heterocycles. The highest BCUT2D eigenvalue weighted by molar-refractivity contribution is 5.86. The van der Waals surface area contributed by atoms with Gasteiger partial charge in [-0.15, -0.1) is 0 Å². The van der Waals surface area contributed by atoms with Crippen molar-refractivity contribution in [3.8, 4) is 6.07 Å². The van der Waals surface area contributed by atoms with E-state index in [1.54, 1.807) is 0 Å². The SMILES string of the molecule is Cc1n[nH]c2cc(C3=CCC4[C@@]56CC[C@]7(C[C@H](N(C)C)[C@@H](O)[C@H](O)C7=CC5(C#N)CC[C@]34C)O6)ccc12. The average Bonchev–Trinajstić information content (AvgIpc) is 3.54. The number of allylic oxidation sites excluding steroid dienone is 2. The standard InChI is InChI=1S/C30H36N4O3/c1-17-19-6-5-18(13-22(19)33-32-17)20-7-8-24-27(20,2)9-10-28(16-31)14-21-25(35)26(36)23(34(3)4)15-29(21)11-12-30(24,28)37-29/h5-7,13-14,23-26,35-36H,8-12,15H2,1-4H3,(H,32,33)/t23-,24?,25+,26+,27+,28?,29+,30-/m0/s1. The predicted molar refractivity (Wildman–Crippen MR) is 140 cm³/mol. The Kier molecular flexibility index (Phi) is 4.67. The number of aliphatic hydroxyl groups is 2. The number of benzene rings is 1. The molecule has 194 valence electrons. The molecule has 2 saturated carbocycles. The molecule has 1 aromatic carbocycles. The third-order valence-electron chi connectivity index (χ3n) is 11.0. The molecule has 3 N–H and O–H groups in total. The van der Waals surface area contributed by atoms with Gasteiger partial charge in [0.25, 0.3) is 0 Å². The van der Waals surface area contributed by atoms with Crippen molar-refractivity contribution in [1.29, 1.82) is 5.26 Å². The molecule has 2 unspecified atom stereocenters. The van der Waals surface area contributed by atoms with Gasteiger partial charge in [-0.2, -0.15) is 10.4 Å². The second kappa shape index (κ2) is 7.33. The topological polar surface area (TPSA) is 105 Å². The molecule has 0 radical (unpaired) electrons. The van der Waals surface area contributed by atoms with Crippen molar-refractivity contribution in [2.75, 3.05) is 14.1 Å². The van der Waals surface area contributed by atoms with Crippen LogP contribution in [0.2, 0.25) is 0 Å². The molecule has 1 saturated heterocycles. The Hall–Kier alpha value is -2.50. The molecular formula is C30H36N4O3. The zero-order chi connectivity index (χ0) is 26.0. The number of nitrogens with one attached hydrogen (secondary N) is 1. The van der Waals surface area contributed by atoms with Crippen LogP contribution < -0.4 is 0 Å². The van der Waals surface area contributed by atoms with Gasteiger partial charge in [-0.1, -0.05) is 31.2 Å². The fraction of sp³-hybridized carbons (Fsp3) is 0.600. The van der Waals surface area contributed by atoms with Gasteiger partial charge in [0.2, 0.25) is 0 Å². The van der Waals surface area contributed by atoms with Crippen molar-refractivity contribution < 1.29 is 14.9 Å². The lowest BCUT2D eigenvalue weighted by Gasteiger charge is -2.61. The van der Waals surface area contributed by atoms with Crippen LogP contribution in [0.3, 0.4) is 0 Å². The Balaban J connectivity index is 1.32. The van der Waals surface area contributed by atoms with Gasteiger partial charge in [0.15, 0.2) is 0 Å². The predicted octanol–water partition coefficient (Wildman–Crippen LogP) is 3.87. The molecule has 0 amide bonds. The summed E-state index contributed by atoms with van der Waals surface area (Å²) < 4.78 is 7.27. The lowest BCUT2D eigenvalue weighted by molar-refractivity contribution is -0.223. The lowest BCUT2D eigenvalue weighted by Crippen LogP contribution is -2.66. The highest BCUT2D eigenvalue weighted by Gasteiger charge is 2.74. The Labute approximate surface area is 217 Å². The molecule has 7 heteroatoms. The van der Waals surface area contributed by atoms with Gasteiger partial charge >= 0.3 is 0 Å². The normalized spacial score (nSPS) is 44.2. The largest absolute Gasteiger partial charge is 0.388 e. The van der Waals surface area contributed by atoms with E-state index < -0.39 is 28.8 Å². The number of hydrogen-bond donors (Lipinski definition) is 3. The molecule has 2 aliphatic heterocycles. The summed E-state index contributed by atoms with van der Waals surface area (Å²) in [4.78, 5) is 1.99. The smallest absolute Gasteiger partial charge is 0.105 e. The van der Waals surface area contributed by atoms with E-state index in [0.29, 0.717) is 12.8 Å². The first-order chi connectivity index (χ1) is 17.6. The van der Waals surface area contributed by atoms with Crippen LogP contribution in [0.5, 0.6) is 0 Å². The summed E-state index contributed by atoms with van der Waals surface area (Å²) in [5.74, 6) is 0.168. The van der Waals surface area contributed by atoms with Crippen LogP contribution in [-0.4, -0.2) is 68.9 Å². The Morgan fingerprint density at radius 3 is 2.76 bits per heavy atom. The van der Waals surface area contributed by atoms with Gasteiger partial charge in [0, 0.05) is 17.3 Å². The molecule has 3 aliphatic carbocycles. The van der Waals surface area contributed by atoms with Gasteiger partial charge in [-0.3, -0.25) is 5.10 Å². The molecule has 2 spiro atoms. The van der Waals surface area contributed by atoms with Crippen LogP contribution in [0.4, 0.5) is 0 Å². The summed E-state index contributed by atoms with van der Waals surface area (Å²) in [6, 6.07) is 9.10. The molecule has 7 nitrogen and oxygen atoms in total. The highest BCUT2D eigenvalue weighted by Crippen LogP contribution is 2.72. The van der Waals surface area contributed by atoms with Crippen LogP contribution in [0.25, 0.3) is 16.5 Å². The third kappa shape index (κ3) is 2.72. The molecule has 37 heavy (non-hydrogen) atoms. The minimum Gasteiger partial charge on any atom is -0.388 e. The minimum absolute atomic E-state index is 0.117. The number of aromatic nitrogens is 2. The zero-order valence-corrected chi connectivity index (χ0v) is 22.1. The fourth-order valence-corrected chi connectivity index (χ4v) is 9.01. The van der Waals surface area contributed by atoms with Crippen molar-refractivity contribution >= 4 is 16.5 Å². The van der Waals surface area contributed by atoms with E-state index in [4.69, 9.17) is 4.74 Å². The molecule has 5 aliphatic rings. The molecule has 2 aromatic rings. The van der Waals surface area contributed by atoms with Crippen LogP contribution in [0.15, 0.2) is 35.9 Å². The van der Waals surface area contributed by atoms with Gasteiger partial charge < -0.3 is 19.8 Å². The van der Waals surface area contributed by atoms with E-state index >= 15 is 0 Å². The summed E-state index contributed by atoms with van der Waals surface area (Å²) in [5.41, 5.74) is 3.21. The number of ether oxygens (including phenoxy) is 1. The first-order valence-corrected chi connectivity index (χ1v) is 13.6. The Morgan fingerprint density at radius 2 is 2.00 bits per heavy atom. The number of hydrogen-bond acceptors (Lipinski definition) is 6. The monoisotopic (exact) mass is 500 g/mol. The van der Waals surface area contributed by atoms with E-state index in [0.717, 1.165) is 47.9 Å². The number of nitriles is 1. The third-order valence-corrected chi connectivity index (χ3v) is 11.0. The number of likely N-dealkylation sites (N-methyl/N-ethyl adjacent to an activating group) is 1. The fourth-order valence-electron chi connectivity index (χ4n) is 9.01. The number of H-pyrrole nitrogens is 1. The minimum atomic E-state index is -1.02. The number of rotatable bonds is 2. The molecule has 7 rings (SSSR count). The van der Waals surface area contributed by atoms with Crippen molar-refractivity contribution in [3.05, 3.63) is 47.2 Å². The number of aromatic amines is 1. The van der Waals surface area contributed by atoms with E-state index in [-0.39, 0.29) is 17.4 Å². The summed E-state index contributed by atoms with van der Waals surface area (Å²) in [6.07, 6.45) is 7.15. The second-order valence-electron chi connectivity index (χ2n) is 12.7. The van der Waals surface area contributed by atoms with Crippen LogP contribution in [-0.2, 0) is 4.74 Å². The zero-order valence-electron chi connectivity index (χ0n) is 22.1. The van der Waals surface area contributed by atoms with Gasteiger partial charge in [0.05, 0.1) is 34.6 Å². The number of aliphatic hydroxyl groups excluding tert-OH is 2. The van der Waals surface area contributed by atoms with E-state index in [9.17, 15) is 15.5 Å². The number of fused-ring (bicyclic) bond motifs is 2. The maximum absolute atomic E-state index is 11.3. The van der Waals surface area contributed by atoms with Crippen molar-refractivity contribution in [3.63, 3.8) is 0 Å². The first-order valence-electron chi connectivity index (χ1n) is 13.6. The molecule has 3 heterocycles. The summed E-state index contributed by atoms with van der Waals surface area (Å²) >= 11 is 0. The van der Waals surface area contributed by atoms with Crippen LogP contribution in [0, 0.1) is 35.0 Å². The molecule has 8 atom stereocenters. The number of aryl methyl sites for hydroxylation is 1. The van der Waals surface area contributed by atoms with E-state index in [1.807, 2.05) is 25.9 Å². The summed E-state index contributed by atoms with van der Waals surface area (Å²) in [6.45, 7) is 4.39. The van der Waals surface area contributed by atoms with Gasteiger partial charge in [-0.05, 0) is 87.7 Å². The lowest BCUT2D eigenvalue weighted by atomic mass is 9.49. The summed E-state index contributed by atoms with van der Waals surface area (Å²) in [7, 11) is 3.89. The Bertz CT molecular complexity index is 1420. The van der Waals surface area contributed by atoms with Crippen molar-refractivity contribution in [2.24, 2.45) is 16.7 Å². The molecule has 2 bridgehead atoms. The highest BCUT2D eigenvalue weighted by atomic mass is 16.5. The van der Waals surface area contributed by atoms with Crippen molar-refractivity contribution in [1.82, 2.24) is 15.1 Å². The maximum Gasteiger partial charge on any atom is 0.105 e. The maximum atomic E-state index is 11.3. The second-order valence-corrected chi connectivity index (χ2v) is 12.7. The summed E-state index contributed by atoms with van der Waals surface area (Å²) in [5, 5.41) is 41.7. The average molecular weight is 501 g/mol.